The number of rotatable bonds is 7. The summed E-state index contributed by atoms with van der Waals surface area (Å²) in [6.07, 6.45) is 0.821. The van der Waals surface area contributed by atoms with Gasteiger partial charge >= 0.3 is 5.63 Å². The third-order valence-corrected chi connectivity index (χ3v) is 5.51. The first-order chi connectivity index (χ1) is 15.1. The van der Waals surface area contributed by atoms with E-state index in [0.717, 1.165) is 10.9 Å². The van der Waals surface area contributed by atoms with Crippen molar-refractivity contribution in [2.45, 2.75) is 12.8 Å². The van der Waals surface area contributed by atoms with Crippen LogP contribution < -0.4 is 20.4 Å². The number of benzene rings is 2. The van der Waals surface area contributed by atoms with Crippen molar-refractivity contribution in [1.82, 2.24) is 4.98 Å². The largest absolute Gasteiger partial charge is 0.493 e. The van der Waals surface area contributed by atoms with Gasteiger partial charge in [0, 0.05) is 17.2 Å². The Labute approximate surface area is 182 Å². The fraction of sp³-hybridized carbons (Fsp3) is 0.174. The number of aryl methyl sites for hydroxylation is 1. The van der Waals surface area contributed by atoms with Gasteiger partial charge in [-0.25, -0.2) is 9.78 Å². The molecule has 4 rings (SSSR count). The van der Waals surface area contributed by atoms with Crippen molar-refractivity contribution in [2.24, 2.45) is 0 Å². The van der Waals surface area contributed by atoms with Crippen LogP contribution >= 0.6 is 11.3 Å². The van der Waals surface area contributed by atoms with Crippen LogP contribution in [0.2, 0.25) is 0 Å². The van der Waals surface area contributed by atoms with Crippen molar-refractivity contribution in [2.75, 3.05) is 19.5 Å². The molecule has 0 saturated heterocycles. The number of methoxy groups -OCH3 is 2. The van der Waals surface area contributed by atoms with Crippen LogP contribution in [0.3, 0.4) is 0 Å². The average Bonchev–Trinajstić information content (AvgIpc) is 3.25. The van der Waals surface area contributed by atoms with Crippen LogP contribution in [0.5, 0.6) is 11.5 Å². The van der Waals surface area contributed by atoms with Crippen LogP contribution in [0.1, 0.15) is 12.0 Å². The molecule has 1 N–H and O–H groups in total. The summed E-state index contributed by atoms with van der Waals surface area (Å²) in [5, 5.41) is 5.76. The van der Waals surface area contributed by atoms with Crippen molar-refractivity contribution >= 4 is 33.3 Å². The third kappa shape index (κ3) is 4.59. The maximum atomic E-state index is 12.4. The van der Waals surface area contributed by atoms with Crippen LogP contribution in [0.25, 0.3) is 22.2 Å². The van der Waals surface area contributed by atoms with Gasteiger partial charge in [-0.05, 0) is 36.2 Å². The van der Waals surface area contributed by atoms with E-state index in [1.165, 1.54) is 11.3 Å². The minimum absolute atomic E-state index is 0.166. The van der Waals surface area contributed by atoms with E-state index in [2.05, 4.69) is 10.3 Å². The maximum absolute atomic E-state index is 12.4. The first-order valence-electron chi connectivity index (χ1n) is 9.57. The van der Waals surface area contributed by atoms with Gasteiger partial charge < -0.3 is 19.2 Å². The smallest absolute Gasteiger partial charge is 0.345 e. The number of hydrogen-bond donors (Lipinski definition) is 1. The van der Waals surface area contributed by atoms with E-state index in [4.69, 9.17) is 13.9 Å². The number of anilines is 1. The monoisotopic (exact) mass is 436 g/mol. The summed E-state index contributed by atoms with van der Waals surface area (Å²) in [5.74, 6) is 1.10. The molecule has 0 bridgehead atoms. The number of carbonyl (C=O) groups is 1. The summed E-state index contributed by atoms with van der Waals surface area (Å²) < 4.78 is 15.9. The summed E-state index contributed by atoms with van der Waals surface area (Å²) in [5.41, 5.74) is 1.85. The third-order valence-electron chi connectivity index (χ3n) is 4.76. The predicted octanol–water partition coefficient (Wildman–Crippen LogP) is 4.51. The molecule has 0 atom stereocenters. The van der Waals surface area contributed by atoms with Crippen molar-refractivity contribution in [3.63, 3.8) is 0 Å². The fourth-order valence-corrected chi connectivity index (χ4v) is 3.90. The quantitative estimate of drug-likeness (QED) is 0.429. The van der Waals surface area contributed by atoms with Gasteiger partial charge in [-0.3, -0.25) is 4.79 Å². The van der Waals surface area contributed by atoms with Crippen molar-refractivity contribution in [1.29, 1.82) is 0 Å². The lowest BCUT2D eigenvalue weighted by Crippen LogP contribution is -2.12. The lowest BCUT2D eigenvalue weighted by atomic mass is 10.1. The highest BCUT2D eigenvalue weighted by molar-refractivity contribution is 7.14. The second-order valence-corrected chi connectivity index (χ2v) is 7.62. The summed E-state index contributed by atoms with van der Waals surface area (Å²) in [4.78, 5) is 29.1. The fourth-order valence-electron chi connectivity index (χ4n) is 3.17. The topological polar surface area (TPSA) is 90.7 Å². The number of ether oxygens (including phenoxy) is 2. The van der Waals surface area contributed by atoms with E-state index in [9.17, 15) is 9.59 Å². The molecule has 2 aromatic heterocycles. The molecular weight excluding hydrogens is 416 g/mol. The average molecular weight is 436 g/mol. The molecule has 4 aromatic rings. The van der Waals surface area contributed by atoms with Gasteiger partial charge in [0.2, 0.25) is 5.91 Å². The van der Waals surface area contributed by atoms with Crippen LogP contribution in [0.15, 0.2) is 63.1 Å². The Hall–Kier alpha value is -3.65. The van der Waals surface area contributed by atoms with E-state index in [1.807, 2.05) is 36.4 Å². The zero-order chi connectivity index (χ0) is 21.8. The lowest BCUT2D eigenvalue weighted by Gasteiger charge is -2.09. The molecule has 0 unspecified atom stereocenters. The van der Waals surface area contributed by atoms with E-state index in [0.29, 0.717) is 39.9 Å². The summed E-state index contributed by atoms with van der Waals surface area (Å²) >= 11 is 1.26. The molecule has 0 radical (unpaired) electrons. The van der Waals surface area contributed by atoms with Crippen LogP contribution in [0.4, 0.5) is 5.13 Å². The van der Waals surface area contributed by atoms with Gasteiger partial charge in [-0.1, -0.05) is 24.3 Å². The normalized spacial score (nSPS) is 10.8. The van der Waals surface area contributed by atoms with Crippen LogP contribution in [-0.2, 0) is 11.2 Å². The van der Waals surface area contributed by atoms with Gasteiger partial charge in [0.1, 0.15) is 5.58 Å². The number of para-hydroxylation sites is 1. The number of thiazole rings is 1. The molecule has 2 heterocycles. The van der Waals surface area contributed by atoms with Crippen molar-refractivity contribution in [3.05, 3.63) is 69.9 Å². The Morgan fingerprint density at radius 1 is 1.10 bits per heavy atom. The lowest BCUT2D eigenvalue weighted by molar-refractivity contribution is -0.116. The molecule has 0 aliphatic heterocycles. The zero-order valence-corrected chi connectivity index (χ0v) is 17.8. The van der Waals surface area contributed by atoms with Gasteiger partial charge in [-0.15, -0.1) is 11.3 Å². The number of hydrogen-bond acceptors (Lipinski definition) is 7. The van der Waals surface area contributed by atoms with Gasteiger partial charge in [0.15, 0.2) is 16.6 Å². The van der Waals surface area contributed by atoms with Crippen LogP contribution in [-0.4, -0.2) is 25.1 Å². The minimum Gasteiger partial charge on any atom is -0.493 e. The molecule has 0 spiro atoms. The molecule has 0 aliphatic rings. The Kier molecular flexibility index (Phi) is 5.99. The zero-order valence-electron chi connectivity index (χ0n) is 17.0. The van der Waals surface area contributed by atoms with Crippen LogP contribution in [0, 0.1) is 0 Å². The molecule has 1 amide bonds. The van der Waals surface area contributed by atoms with E-state index >= 15 is 0 Å². The Morgan fingerprint density at radius 2 is 1.90 bits per heavy atom. The number of aromatic nitrogens is 1. The molecule has 7 nitrogen and oxygen atoms in total. The predicted molar refractivity (Wildman–Crippen MR) is 120 cm³/mol. The Balaban J connectivity index is 1.43. The van der Waals surface area contributed by atoms with Crippen molar-refractivity contribution in [3.8, 4) is 22.8 Å². The minimum atomic E-state index is -0.463. The number of nitrogens with zero attached hydrogens (tertiary/aromatic N) is 1. The molecule has 31 heavy (non-hydrogen) atoms. The molecule has 0 saturated carbocycles. The highest BCUT2D eigenvalue weighted by Crippen LogP contribution is 2.28. The highest BCUT2D eigenvalue weighted by Gasteiger charge is 2.13. The van der Waals surface area contributed by atoms with E-state index in [-0.39, 0.29) is 12.3 Å². The second kappa shape index (κ2) is 9.01. The second-order valence-electron chi connectivity index (χ2n) is 6.76. The molecule has 158 valence electrons. The summed E-state index contributed by atoms with van der Waals surface area (Å²) in [7, 11) is 3.15. The molecular formula is C23H20N2O5S. The first kappa shape index (κ1) is 20.6. The molecule has 8 heteroatoms. The summed E-state index contributed by atoms with van der Waals surface area (Å²) in [6, 6.07) is 14.6. The van der Waals surface area contributed by atoms with E-state index < -0.39 is 5.63 Å². The van der Waals surface area contributed by atoms with Gasteiger partial charge in [0.25, 0.3) is 0 Å². The summed E-state index contributed by atoms with van der Waals surface area (Å²) in [6.45, 7) is 0. The number of amides is 1. The van der Waals surface area contributed by atoms with E-state index in [1.54, 1.807) is 31.7 Å². The van der Waals surface area contributed by atoms with Gasteiger partial charge in [-0.2, -0.15) is 0 Å². The number of carbonyl (C=O) groups excluding carboxylic acids is 1. The molecule has 0 aliphatic carbocycles. The Morgan fingerprint density at radius 3 is 2.71 bits per heavy atom. The molecule has 0 fully saturated rings. The van der Waals surface area contributed by atoms with Gasteiger partial charge in [0.05, 0.1) is 25.5 Å². The molecule has 2 aromatic carbocycles. The van der Waals surface area contributed by atoms with Crippen molar-refractivity contribution < 1.29 is 18.7 Å². The maximum Gasteiger partial charge on any atom is 0.345 e. The standard InChI is InChI=1S/C23H20N2O5S/c1-28-19-9-7-14(11-20(19)29-2)8-10-21(26)25-23-24-17(13-31-23)16-12-15-5-3-4-6-18(15)30-22(16)27/h3-7,9,11-13H,8,10H2,1-2H3,(H,24,25,26). The SMILES string of the molecule is COc1ccc(CCC(=O)Nc2nc(-c3cc4ccccc4oc3=O)cs2)cc1OC. The number of nitrogens with one attached hydrogen (secondary N) is 1. The Bertz CT molecular complexity index is 1290. The highest BCUT2D eigenvalue weighted by atomic mass is 32.1. The number of fused-ring (bicyclic) bond motifs is 1. The first-order valence-corrected chi connectivity index (χ1v) is 10.4.